The summed E-state index contributed by atoms with van der Waals surface area (Å²) in [5, 5.41) is 9.57. The lowest BCUT2D eigenvalue weighted by atomic mass is 10.1. The first kappa shape index (κ1) is 24.6. The lowest BCUT2D eigenvalue weighted by Crippen LogP contribution is -2.28. The number of rotatable bonds is 13. The molecule has 0 radical (unpaired) electrons. The van der Waals surface area contributed by atoms with Crippen LogP contribution >= 0.6 is 35.3 Å². The van der Waals surface area contributed by atoms with Crippen LogP contribution in [0.1, 0.15) is 62.7 Å². The van der Waals surface area contributed by atoms with Gasteiger partial charge in [0.05, 0.1) is 4.91 Å². The van der Waals surface area contributed by atoms with E-state index < -0.39 is 5.97 Å². The van der Waals surface area contributed by atoms with Crippen LogP contribution in [-0.2, 0) is 9.59 Å². The molecule has 0 aliphatic carbocycles. The number of amides is 1. The fourth-order valence-corrected chi connectivity index (χ4v) is 5.74. The van der Waals surface area contributed by atoms with E-state index in [2.05, 4.69) is 4.98 Å². The summed E-state index contributed by atoms with van der Waals surface area (Å²) in [4.78, 5) is 31.1. The molecule has 0 spiro atoms. The fourth-order valence-electron chi connectivity index (χ4n) is 3.50. The first-order valence-electron chi connectivity index (χ1n) is 11.0. The molecule has 0 unspecified atom stereocenters. The van der Waals surface area contributed by atoms with E-state index in [4.69, 9.17) is 17.3 Å². The van der Waals surface area contributed by atoms with Gasteiger partial charge in [-0.2, -0.15) is 0 Å². The minimum Gasteiger partial charge on any atom is -0.481 e. The van der Waals surface area contributed by atoms with E-state index in [1.807, 2.05) is 36.4 Å². The summed E-state index contributed by atoms with van der Waals surface area (Å²) in [5.74, 6) is -0.715. The number of benzene rings is 1. The summed E-state index contributed by atoms with van der Waals surface area (Å²) >= 11 is 8.38. The molecule has 1 aliphatic heterocycles. The van der Waals surface area contributed by atoms with Crippen LogP contribution in [-0.4, -0.2) is 37.7 Å². The van der Waals surface area contributed by atoms with Crippen molar-refractivity contribution in [2.45, 2.75) is 57.8 Å². The van der Waals surface area contributed by atoms with E-state index in [9.17, 15) is 9.59 Å². The van der Waals surface area contributed by atoms with Crippen molar-refractivity contribution in [2.24, 2.45) is 0 Å². The van der Waals surface area contributed by atoms with Crippen molar-refractivity contribution in [2.75, 3.05) is 6.54 Å². The van der Waals surface area contributed by atoms with Gasteiger partial charge in [-0.05, 0) is 18.9 Å². The number of carboxylic acid groups (broad SMARTS) is 1. The molecule has 5 nitrogen and oxygen atoms in total. The molecule has 8 heteroatoms. The highest BCUT2D eigenvalue weighted by Gasteiger charge is 2.31. The minimum atomic E-state index is -0.709. The normalized spacial score (nSPS) is 15.1. The highest BCUT2D eigenvalue weighted by Crippen LogP contribution is 2.34. The van der Waals surface area contributed by atoms with E-state index >= 15 is 0 Å². The lowest BCUT2D eigenvalue weighted by molar-refractivity contribution is -0.137. The quantitative estimate of drug-likeness (QED) is 0.194. The molecule has 0 atom stereocenters. The van der Waals surface area contributed by atoms with E-state index in [1.165, 1.54) is 11.8 Å². The third-order valence-corrected chi connectivity index (χ3v) is 7.58. The van der Waals surface area contributed by atoms with Gasteiger partial charge in [-0.15, -0.1) is 11.3 Å². The summed E-state index contributed by atoms with van der Waals surface area (Å²) in [6.45, 7) is 0.665. The van der Waals surface area contributed by atoms with Gasteiger partial charge in [0.1, 0.15) is 9.33 Å². The number of unbranched alkanes of at least 4 members (excludes halogenated alkanes) is 7. The Morgan fingerprint density at radius 3 is 2.38 bits per heavy atom. The number of hydrogen-bond donors (Lipinski definition) is 1. The Bertz CT molecular complexity index is 956. The predicted molar refractivity (Wildman–Crippen MR) is 137 cm³/mol. The largest absolute Gasteiger partial charge is 0.481 e. The Hall–Kier alpha value is -2.03. The lowest BCUT2D eigenvalue weighted by Gasteiger charge is -2.14. The molecule has 1 fully saturated rings. The van der Waals surface area contributed by atoms with Gasteiger partial charge in [-0.1, -0.05) is 92.8 Å². The second-order valence-electron chi connectivity index (χ2n) is 7.74. The van der Waals surface area contributed by atoms with Gasteiger partial charge in [0.15, 0.2) is 0 Å². The highest BCUT2D eigenvalue weighted by atomic mass is 32.2. The van der Waals surface area contributed by atoms with Crippen molar-refractivity contribution < 1.29 is 14.7 Å². The van der Waals surface area contributed by atoms with Crippen molar-refractivity contribution in [1.29, 1.82) is 0 Å². The molecule has 2 aromatic rings. The number of nitrogens with zero attached hydrogens (tertiary/aromatic N) is 2. The molecule has 3 rings (SSSR count). The average molecular weight is 489 g/mol. The second-order valence-corrected chi connectivity index (χ2v) is 10.5. The monoisotopic (exact) mass is 488 g/mol. The van der Waals surface area contributed by atoms with Crippen molar-refractivity contribution >= 4 is 57.6 Å². The molecular weight excluding hydrogens is 460 g/mol. The van der Waals surface area contributed by atoms with Gasteiger partial charge >= 0.3 is 5.97 Å². The fraction of sp³-hybridized carbons (Fsp3) is 0.417. The number of aromatic nitrogens is 1. The highest BCUT2D eigenvalue weighted by molar-refractivity contribution is 8.26. The zero-order chi connectivity index (χ0) is 22.8. The summed E-state index contributed by atoms with van der Waals surface area (Å²) in [5.41, 5.74) is 1.07. The predicted octanol–water partition coefficient (Wildman–Crippen LogP) is 6.61. The smallest absolute Gasteiger partial charge is 0.303 e. The van der Waals surface area contributed by atoms with Crippen LogP contribution in [0, 0.1) is 0 Å². The first-order valence-corrected chi connectivity index (χ1v) is 13.1. The third kappa shape index (κ3) is 7.53. The van der Waals surface area contributed by atoms with Gasteiger partial charge in [-0.3, -0.25) is 14.5 Å². The number of thiocarbonyl (C=S) groups is 1. The minimum absolute atomic E-state index is 0.00640. The number of thioether (sulfide) groups is 1. The molecule has 1 saturated heterocycles. The SMILES string of the molecule is O=C(O)CCCCCCCCCCN1C(=O)/C(=C/c2cnc(-c3ccccc3)s2)SC1=S. The maximum Gasteiger partial charge on any atom is 0.303 e. The van der Waals surface area contributed by atoms with Gasteiger partial charge in [0, 0.05) is 29.6 Å². The molecule has 0 saturated carbocycles. The topological polar surface area (TPSA) is 70.5 Å². The van der Waals surface area contributed by atoms with E-state index in [0.29, 0.717) is 15.8 Å². The van der Waals surface area contributed by atoms with Crippen molar-refractivity contribution in [1.82, 2.24) is 9.88 Å². The van der Waals surface area contributed by atoms with Crippen LogP contribution in [0.3, 0.4) is 0 Å². The maximum atomic E-state index is 12.8. The average Bonchev–Trinajstić information content (AvgIpc) is 3.35. The molecule has 1 aliphatic rings. The molecule has 32 heavy (non-hydrogen) atoms. The van der Waals surface area contributed by atoms with Crippen LogP contribution in [0.2, 0.25) is 0 Å². The molecule has 1 aromatic carbocycles. The standard InChI is InChI=1S/C24H28N2O3S3/c27-21(28)14-10-5-3-1-2-4-6-11-15-26-23(29)20(32-24(26)30)16-19-17-25-22(31-19)18-12-8-7-9-13-18/h7-9,12-13,16-17H,1-6,10-11,14-15H2,(H,27,28)/b20-16-. The number of carbonyl (C=O) groups is 2. The Kier molecular flexibility index (Phi) is 9.89. The summed E-state index contributed by atoms with van der Waals surface area (Å²) in [6, 6.07) is 10.0. The van der Waals surface area contributed by atoms with E-state index in [0.717, 1.165) is 66.8 Å². The number of thiazole rings is 1. The second kappa shape index (κ2) is 12.9. The zero-order valence-electron chi connectivity index (χ0n) is 18.0. The summed E-state index contributed by atoms with van der Waals surface area (Å²) < 4.78 is 0.632. The number of aliphatic carboxylic acids is 1. The van der Waals surface area contributed by atoms with Gasteiger partial charge in [0.2, 0.25) is 0 Å². The van der Waals surface area contributed by atoms with Crippen LogP contribution in [0.25, 0.3) is 16.6 Å². The molecular formula is C24H28N2O3S3. The summed E-state index contributed by atoms with van der Waals surface area (Å²) in [7, 11) is 0. The molecule has 170 valence electrons. The molecule has 0 bridgehead atoms. The molecule has 1 N–H and O–H groups in total. The van der Waals surface area contributed by atoms with Crippen LogP contribution < -0.4 is 0 Å². The molecule has 1 amide bonds. The number of carbonyl (C=O) groups excluding carboxylic acids is 1. The van der Waals surface area contributed by atoms with Crippen molar-refractivity contribution in [3.63, 3.8) is 0 Å². The summed E-state index contributed by atoms with van der Waals surface area (Å²) in [6.07, 6.45) is 12.3. The molecule has 1 aromatic heterocycles. The Labute approximate surface area is 202 Å². The van der Waals surface area contributed by atoms with E-state index in [-0.39, 0.29) is 12.3 Å². The number of carboxylic acids is 1. The number of hydrogen-bond acceptors (Lipinski definition) is 6. The van der Waals surface area contributed by atoms with Crippen LogP contribution in [0.5, 0.6) is 0 Å². The Balaban J connectivity index is 1.38. The van der Waals surface area contributed by atoms with Crippen LogP contribution in [0.15, 0.2) is 41.4 Å². The van der Waals surface area contributed by atoms with Crippen molar-refractivity contribution in [3.05, 3.63) is 46.3 Å². The first-order chi connectivity index (χ1) is 15.5. The zero-order valence-corrected chi connectivity index (χ0v) is 20.4. The van der Waals surface area contributed by atoms with Gasteiger partial charge in [0.25, 0.3) is 5.91 Å². The molecule has 2 heterocycles. The Morgan fingerprint density at radius 1 is 1.03 bits per heavy atom. The van der Waals surface area contributed by atoms with Gasteiger partial charge in [-0.25, -0.2) is 4.98 Å². The van der Waals surface area contributed by atoms with Crippen molar-refractivity contribution in [3.8, 4) is 10.6 Å². The third-order valence-electron chi connectivity index (χ3n) is 5.21. The Morgan fingerprint density at radius 2 is 1.69 bits per heavy atom. The maximum absolute atomic E-state index is 12.8. The van der Waals surface area contributed by atoms with Crippen LogP contribution in [0.4, 0.5) is 0 Å². The van der Waals surface area contributed by atoms with E-state index in [1.54, 1.807) is 22.4 Å². The van der Waals surface area contributed by atoms with Gasteiger partial charge < -0.3 is 5.11 Å².